The molecular weight excluding hydrogens is 546 g/mol. The van der Waals surface area contributed by atoms with Crippen molar-refractivity contribution in [2.24, 2.45) is 5.73 Å². The van der Waals surface area contributed by atoms with Crippen LogP contribution in [0.15, 0.2) is 51.2 Å². The van der Waals surface area contributed by atoms with E-state index in [0.717, 1.165) is 12.0 Å². The molecule has 2 aromatic carbocycles. The Bertz CT molecular complexity index is 1460. The van der Waals surface area contributed by atoms with Crippen molar-refractivity contribution in [3.8, 4) is 34.3 Å². The Hall–Kier alpha value is -3.61. The summed E-state index contributed by atoms with van der Waals surface area (Å²) in [6.07, 6.45) is -3.28. The van der Waals surface area contributed by atoms with Gasteiger partial charge in [-0.15, -0.1) is 0 Å². The van der Waals surface area contributed by atoms with Crippen LogP contribution >= 0.6 is 0 Å². The number of rotatable bonds is 11. The Morgan fingerprint density at radius 3 is 2.43 bits per heavy atom. The molecule has 42 heavy (non-hydrogen) atoms. The van der Waals surface area contributed by atoms with Crippen LogP contribution in [0.2, 0.25) is 0 Å². The lowest BCUT2D eigenvalue weighted by atomic mass is 10.00. The van der Waals surface area contributed by atoms with Crippen molar-refractivity contribution in [1.29, 1.82) is 0 Å². The number of unbranched alkanes of at least 4 members (excludes halogenated alkanes) is 1. The van der Waals surface area contributed by atoms with Crippen molar-refractivity contribution < 1.29 is 43.8 Å². The summed E-state index contributed by atoms with van der Waals surface area (Å²) in [5, 5.41) is 42.0. The minimum absolute atomic E-state index is 0.00245. The first-order valence-corrected chi connectivity index (χ1v) is 13.9. The van der Waals surface area contributed by atoms with E-state index in [-0.39, 0.29) is 28.2 Å². The van der Waals surface area contributed by atoms with Crippen molar-refractivity contribution >= 4 is 11.0 Å². The summed E-state index contributed by atoms with van der Waals surface area (Å²) in [6, 6.07) is 8.06. The average Bonchev–Trinajstić information content (AvgIpc) is 2.97. The Morgan fingerprint density at radius 1 is 1.07 bits per heavy atom. The molecule has 0 spiro atoms. The van der Waals surface area contributed by atoms with E-state index in [1.165, 1.54) is 20.1 Å². The van der Waals surface area contributed by atoms with Crippen LogP contribution in [0.25, 0.3) is 22.3 Å². The average molecular weight is 586 g/mol. The topological polar surface area (TPSA) is 174 Å². The molecular formula is C31H39NO10. The van der Waals surface area contributed by atoms with Crippen molar-refractivity contribution in [2.45, 2.75) is 70.7 Å². The van der Waals surface area contributed by atoms with Gasteiger partial charge in [0.15, 0.2) is 5.76 Å². The molecule has 228 valence electrons. The first-order valence-electron chi connectivity index (χ1n) is 13.9. The molecule has 1 saturated heterocycles. The Morgan fingerprint density at radius 2 is 1.79 bits per heavy atom. The van der Waals surface area contributed by atoms with Gasteiger partial charge in [0.2, 0.25) is 17.5 Å². The third-order valence-corrected chi connectivity index (χ3v) is 7.13. The van der Waals surface area contributed by atoms with E-state index >= 15 is 0 Å². The van der Waals surface area contributed by atoms with Gasteiger partial charge in [0.1, 0.15) is 46.5 Å². The van der Waals surface area contributed by atoms with Crippen molar-refractivity contribution in [1.82, 2.24) is 0 Å². The highest BCUT2D eigenvalue weighted by Gasteiger charge is 2.44. The number of nitrogens with two attached hydrogens (primary N) is 1. The first-order chi connectivity index (χ1) is 20.1. The summed E-state index contributed by atoms with van der Waals surface area (Å²) in [5.74, 6) is 0.193. The summed E-state index contributed by atoms with van der Waals surface area (Å²) in [7, 11) is 1.52. The largest absolute Gasteiger partial charge is 0.507 e. The van der Waals surface area contributed by atoms with Crippen LogP contribution < -0.4 is 25.4 Å². The molecule has 1 fully saturated rings. The number of ether oxygens (including phenoxy) is 4. The molecule has 1 aliphatic heterocycles. The molecule has 0 radical (unpaired) electrons. The lowest BCUT2D eigenvalue weighted by Gasteiger charge is -2.38. The van der Waals surface area contributed by atoms with Gasteiger partial charge in [-0.2, -0.15) is 0 Å². The second-order valence-electron chi connectivity index (χ2n) is 10.5. The van der Waals surface area contributed by atoms with E-state index in [9.17, 15) is 25.2 Å². The fourth-order valence-corrected chi connectivity index (χ4v) is 4.68. The first kappa shape index (κ1) is 31.3. The Labute approximate surface area is 243 Å². The molecule has 6 N–H and O–H groups in total. The zero-order valence-electron chi connectivity index (χ0n) is 24.2. The van der Waals surface area contributed by atoms with E-state index in [2.05, 4.69) is 0 Å². The van der Waals surface area contributed by atoms with Gasteiger partial charge in [0.05, 0.1) is 19.8 Å². The maximum atomic E-state index is 14.1. The number of methoxy groups -OCH3 is 1. The number of aliphatic hydroxyl groups excluding tert-OH is 3. The molecule has 4 rings (SSSR count). The van der Waals surface area contributed by atoms with Gasteiger partial charge in [0, 0.05) is 17.2 Å². The minimum atomic E-state index is -1.68. The van der Waals surface area contributed by atoms with Crippen LogP contribution in [-0.4, -0.2) is 71.4 Å². The second kappa shape index (κ2) is 13.6. The van der Waals surface area contributed by atoms with E-state index in [4.69, 9.17) is 29.1 Å². The maximum Gasteiger partial charge on any atom is 0.239 e. The molecule has 11 nitrogen and oxygen atoms in total. The van der Waals surface area contributed by atoms with Crippen LogP contribution in [0, 0.1) is 0 Å². The monoisotopic (exact) mass is 585 g/mol. The predicted molar refractivity (Wildman–Crippen MR) is 156 cm³/mol. The zero-order valence-corrected chi connectivity index (χ0v) is 24.2. The SMILES string of the molecule is COc1ccc(-c2oc3c(CC=C(C)C)c(OCCCCN)cc(O)c3c(=O)c2O[C@H]2O[C@H](C)[C@@H](O)[C@H](O)[C@@H]2O)cc1. The summed E-state index contributed by atoms with van der Waals surface area (Å²) < 4.78 is 29.2. The van der Waals surface area contributed by atoms with Crippen LogP contribution in [0.3, 0.4) is 0 Å². The van der Waals surface area contributed by atoms with Crippen LogP contribution in [0.1, 0.15) is 39.2 Å². The molecule has 5 atom stereocenters. The van der Waals surface area contributed by atoms with E-state index in [0.29, 0.717) is 48.6 Å². The quantitative estimate of drug-likeness (QED) is 0.165. The van der Waals surface area contributed by atoms with Crippen molar-refractivity contribution in [3.63, 3.8) is 0 Å². The molecule has 1 aromatic heterocycles. The molecule has 2 heterocycles. The number of fused-ring (bicyclic) bond motifs is 1. The highest BCUT2D eigenvalue weighted by Crippen LogP contribution is 2.40. The molecule has 0 saturated carbocycles. The van der Waals surface area contributed by atoms with Crippen LogP contribution in [0.4, 0.5) is 0 Å². The third-order valence-electron chi connectivity index (χ3n) is 7.13. The predicted octanol–water partition coefficient (Wildman–Crippen LogP) is 3.01. The van der Waals surface area contributed by atoms with E-state index < -0.39 is 36.1 Å². The zero-order chi connectivity index (χ0) is 30.6. The Balaban J connectivity index is 1.94. The fraction of sp³-hybridized carbons (Fsp3) is 0.452. The lowest BCUT2D eigenvalue weighted by Crippen LogP contribution is -2.58. The van der Waals surface area contributed by atoms with Crippen molar-refractivity contribution in [3.05, 3.63) is 57.8 Å². The summed E-state index contributed by atoms with van der Waals surface area (Å²) in [4.78, 5) is 14.1. The van der Waals surface area contributed by atoms with Crippen LogP contribution in [0.5, 0.6) is 23.0 Å². The van der Waals surface area contributed by atoms with Crippen molar-refractivity contribution in [2.75, 3.05) is 20.3 Å². The number of hydrogen-bond acceptors (Lipinski definition) is 11. The van der Waals surface area contributed by atoms with Gasteiger partial charge < -0.3 is 49.5 Å². The molecule has 0 amide bonds. The summed E-state index contributed by atoms with van der Waals surface area (Å²) in [5.41, 5.74) is 7.01. The van der Waals surface area contributed by atoms with Gasteiger partial charge in [-0.25, -0.2) is 0 Å². The standard InChI is InChI=1S/C31H39NO10/c1-16(2)7-12-20-22(39-14-6-5-13-32)15-21(33)23-25(35)30(42-31-27(37)26(36)24(34)17(3)40-31)28(41-29(20)23)18-8-10-19(38-4)11-9-18/h7-11,15,17,24,26-27,31,33-34,36-37H,5-6,12-14,32H2,1-4H3/t17-,24-,26+,27+,31-/m1/s1. The lowest BCUT2D eigenvalue weighted by molar-refractivity contribution is -0.268. The third kappa shape index (κ3) is 6.55. The highest BCUT2D eigenvalue weighted by molar-refractivity contribution is 5.91. The number of phenolic OH excluding ortho intramolecular Hbond substituents is 1. The summed E-state index contributed by atoms with van der Waals surface area (Å²) >= 11 is 0. The minimum Gasteiger partial charge on any atom is -0.507 e. The number of allylic oxidation sites excluding steroid dienone is 2. The summed E-state index contributed by atoms with van der Waals surface area (Å²) in [6.45, 7) is 6.26. The van der Waals surface area contributed by atoms with Gasteiger partial charge in [-0.1, -0.05) is 11.6 Å². The smallest absolute Gasteiger partial charge is 0.239 e. The highest BCUT2D eigenvalue weighted by atomic mass is 16.7. The van der Waals surface area contributed by atoms with Crippen LogP contribution in [-0.2, 0) is 11.2 Å². The number of aliphatic hydroxyl groups is 3. The molecule has 3 aromatic rings. The normalized spacial score (nSPS) is 22.1. The number of benzene rings is 2. The maximum absolute atomic E-state index is 14.1. The van der Waals surface area contributed by atoms with E-state index in [1.54, 1.807) is 24.3 Å². The number of aromatic hydroxyl groups is 1. The molecule has 11 heteroatoms. The van der Waals surface area contributed by atoms with Gasteiger partial charge >= 0.3 is 0 Å². The number of hydrogen-bond donors (Lipinski definition) is 5. The molecule has 0 unspecified atom stereocenters. The molecule has 1 aliphatic rings. The fourth-order valence-electron chi connectivity index (χ4n) is 4.68. The Kier molecular flexibility index (Phi) is 10.1. The van der Waals surface area contributed by atoms with Gasteiger partial charge in [-0.05, 0) is 70.8 Å². The second-order valence-corrected chi connectivity index (χ2v) is 10.5. The van der Waals surface area contributed by atoms with E-state index in [1.807, 2.05) is 19.9 Å². The molecule has 0 bridgehead atoms. The van der Waals surface area contributed by atoms with Gasteiger partial charge in [-0.3, -0.25) is 4.79 Å². The number of phenols is 1. The molecule has 0 aliphatic carbocycles. The van der Waals surface area contributed by atoms with Gasteiger partial charge in [0.25, 0.3) is 0 Å².